The van der Waals surface area contributed by atoms with Crippen LogP contribution in [0.2, 0.25) is 0 Å². The largest absolute Gasteiger partial charge is 0.165 e. The van der Waals surface area contributed by atoms with Crippen molar-refractivity contribution < 1.29 is 0 Å². The maximum absolute atomic E-state index is 3.75. The lowest BCUT2D eigenvalue weighted by atomic mass is 10.1. The molecular formula is C16H12NS+. The van der Waals surface area contributed by atoms with E-state index in [2.05, 4.69) is 77.5 Å². The third kappa shape index (κ3) is 1.18. The molecule has 0 saturated carbocycles. The molecule has 18 heavy (non-hydrogen) atoms. The van der Waals surface area contributed by atoms with E-state index >= 15 is 0 Å². The summed E-state index contributed by atoms with van der Waals surface area (Å²) in [6.45, 7) is 0. The van der Waals surface area contributed by atoms with E-state index in [0.29, 0.717) is 0 Å². The molecule has 1 heterocycles. The first-order valence-electron chi connectivity index (χ1n) is 5.99. The number of hydrogen-bond donors (Lipinski definition) is 0. The Hall–Kier alpha value is -1.93. The van der Waals surface area contributed by atoms with Crippen LogP contribution < -0.4 is 0 Å². The second kappa shape index (κ2) is 3.53. The van der Waals surface area contributed by atoms with Gasteiger partial charge in [0.05, 0.1) is 18.3 Å². The third-order valence-electron chi connectivity index (χ3n) is 3.56. The molecule has 1 aromatic heterocycles. The minimum absolute atomic E-state index is 1.21. The molecule has 0 saturated heterocycles. The molecule has 1 nitrogen and oxygen atoms in total. The fourth-order valence-corrected chi connectivity index (χ4v) is 3.17. The normalized spacial score (nSPS) is 11.6. The molecule has 0 aliphatic heterocycles. The Kier molecular flexibility index (Phi) is 1.97. The lowest BCUT2D eigenvalue weighted by molar-refractivity contribution is 1.45. The average molecular weight is 250 g/mol. The third-order valence-corrected chi connectivity index (χ3v) is 4.02. The number of fused-ring (bicyclic) bond motifs is 5. The summed E-state index contributed by atoms with van der Waals surface area (Å²) in [5.41, 5.74) is 2.45. The molecule has 0 aliphatic rings. The molecule has 0 atom stereocenters. The first kappa shape index (κ1) is 10.0. The number of nitrogens with zero attached hydrogens (tertiary/aromatic N) is 1. The number of hydrogen-bond acceptors (Lipinski definition) is 0. The van der Waals surface area contributed by atoms with Gasteiger partial charge in [0.25, 0.3) is 0 Å². The maximum atomic E-state index is 3.75. The number of para-hydroxylation sites is 1. The summed E-state index contributed by atoms with van der Waals surface area (Å²) in [6, 6.07) is 21.3. The fraction of sp³-hybridized carbons (Fsp3) is 0. The number of benzene rings is 3. The standard InChI is InChI=1S/C16H11NS/c18-17-15-8-4-3-7-13(15)14-10-9-11-5-1-2-6-12(11)16(14)17/h1-10,18H/p+1. The van der Waals surface area contributed by atoms with Crippen molar-refractivity contribution in [2.24, 2.45) is 0 Å². The van der Waals surface area contributed by atoms with Gasteiger partial charge in [0.1, 0.15) is 5.52 Å². The first-order chi connectivity index (χ1) is 8.86. The SMILES string of the molecule is [SH2+]n1c2ccccc2c2ccc3ccccc3c21. The van der Waals surface area contributed by atoms with E-state index < -0.39 is 0 Å². The van der Waals surface area contributed by atoms with Gasteiger partial charge < -0.3 is 0 Å². The Morgan fingerprint density at radius 2 is 1.39 bits per heavy atom. The summed E-state index contributed by atoms with van der Waals surface area (Å²) in [4.78, 5) is 0. The van der Waals surface area contributed by atoms with E-state index in [4.69, 9.17) is 0 Å². The lowest BCUT2D eigenvalue weighted by Crippen LogP contribution is -1.85. The molecule has 3 aromatic carbocycles. The van der Waals surface area contributed by atoms with Gasteiger partial charge in [-0.25, -0.2) is 0 Å². The van der Waals surface area contributed by atoms with Crippen LogP contribution in [0, 0.1) is 0 Å². The van der Waals surface area contributed by atoms with Crippen molar-refractivity contribution in [1.82, 2.24) is 3.97 Å². The van der Waals surface area contributed by atoms with Crippen molar-refractivity contribution in [1.29, 1.82) is 0 Å². The molecule has 0 aliphatic carbocycles. The summed E-state index contributed by atoms with van der Waals surface area (Å²) in [5.74, 6) is 0. The van der Waals surface area contributed by atoms with Gasteiger partial charge in [-0.05, 0) is 11.5 Å². The minimum Gasteiger partial charge on any atom is -0.165 e. The lowest BCUT2D eigenvalue weighted by Gasteiger charge is -1.99. The molecular weight excluding hydrogens is 238 g/mol. The van der Waals surface area contributed by atoms with Crippen LogP contribution in [0.5, 0.6) is 0 Å². The highest BCUT2D eigenvalue weighted by Crippen LogP contribution is 2.33. The summed E-state index contributed by atoms with van der Waals surface area (Å²) in [7, 11) is 0. The van der Waals surface area contributed by atoms with Crippen LogP contribution in [-0.2, 0) is 12.8 Å². The zero-order valence-corrected chi connectivity index (χ0v) is 10.7. The van der Waals surface area contributed by atoms with Crippen molar-refractivity contribution in [2.45, 2.75) is 0 Å². The van der Waals surface area contributed by atoms with Crippen LogP contribution >= 0.6 is 0 Å². The van der Waals surface area contributed by atoms with Gasteiger partial charge in [-0.3, -0.25) is 0 Å². The first-order valence-corrected chi connectivity index (χ1v) is 6.43. The molecule has 0 radical (unpaired) electrons. The monoisotopic (exact) mass is 250 g/mol. The molecule has 0 amide bonds. The van der Waals surface area contributed by atoms with Crippen molar-refractivity contribution in [3.63, 3.8) is 0 Å². The zero-order chi connectivity index (χ0) is 12.1. The Labute approximate surface area is 110 Å². The molecule has 0 spiro atoms. The fourth-order valence-electron chi connectivity index (χ4n) is 2.73. The van der Waals surface area contributed by atoms with Gasteiger partial charge in [0.2, 0.25) is 0 Å². The van der Waals surface area contributed by atoms with Crippen LogP contribution in [-0.4, -0.2) is 3.97 Å². The van der Waals surface area contributed by atoms with E-state index in [9.17, 15) is 0 Å². The van der Waals surface area contributed by atoms with Gasteiger partial charge >= 0.3 is 0 Å². The quantitative estimate of drug-likeness (QED) is 0.419. The summed E-state index contributed by atoms with van der Waals surface area (Å²) >= 11 is 3.75. The Balaban J connectivity index is 2.39. The Bertz CT molecular complexity index is 889. The maximum Gasteiger partial charge on any atom is 0.106 e. The molecule has 4 aromatic rings. The summed E-state index contributed by atoms with van der Waals surface area (Å²) in [5, 5.41) is 5.13. The van der Waals surface area contributed by atoms with E-state index in [1.165, 1.54) is 32.6 Å². The van der Waals surface area contributed by atoms with Crippen molar-refractivity contribution in [3.8, 4) is 0 Å². The van der Waals surface area contributed by atoms with Crippen LogP contribution in [0.15, 0.2) is 60.7 Å². The van der Waals surface area contributed by atoms with Crippen LogP contribution in [0.25, 0.3) is 32.6 Å². The molecule has 4 rings (SSSR count). The molecule has 0 unspecified atom stereocenters. The highest BCUT2D eigenvalue weighted by Gasteiger charge is 2.13. The van der Waals surface area contributed by atoms with E-state index in [0.717, 1.165) is 0 Å². The van der Waals surface area contributed by atoms with Gasteiger partial charge in [-0.2, -0.15) is 3.97 Å². The molecule has 0 fully saturated rings. The predicted octanol–water partition coefficient (Wildman–Crippen LogP) is 3.72. The average Bonchev–Trinajstić information content (AvgIpc) is 2.73. The molecule has 2 heteroatoms. The highest BCUT2D eigenvalue weighted by atomic mass is 32.1. The van der Waals surface area contributed by atoms with E-state index in [1.54, 1.807) is 0 Å². The zero-order valence-electron chi connectivity index (χ0n) is 9.72. The van der Waals surface area contributed by atoms with Crippen LogP contribution in [0.3, 0.4) is 0 Å². The highest BCUT2D eigenvalue weighted by molar-refractivity contribution is 7.57. The van der Waals surface area contributed by atoms with E-state index in [-0.39, 0.29) is 0 Å². The predicted molar refractivity (Wildman–Crippen MR) is 82.5 cm³/mol. The van der Waals surface area contributed by atoms with Crippen molar-refractivity contribution >= 4 is 45.4 Å². The Morgan fingerprint density at radius 3 is 2.28 bits per heavy atom. The van der Waals surface area contributed by atoms with E-state index in [1.807, 2.05) is 0 Å². The molecule has 0 bridgehead atoms. The minimum atomic E-state index is 1.21. The Morgan fingerprint density at radius 1 is 0.667 bits per heavy atom. The summed E-state index contributed by atoms with van der Waals surface area (Å²) in [6.07, 6.45) is 0. The second-order valence-corrected chi connectivity index (χ2v) is 4.98. The van der Waals surface area contributed by atoms with Crippen LogP contribution in [0.1, 0.15) is 0 Å². The number of rotatable bonds is 0. The smallest absolute Gasteiger partial charge is 0.106 e. The number of aromatic nitrogens is 1. The topological polar surface area (TPSA) is 4.93 Å². The van der Waals surface area contributed by atoms with Crippen molar-refractivity contribution in [3.05, 3.63) is 60.7 Å². The summed E-state index contributed by atoms with van der Waals surface area (Å²) < 4.78 is 2.10. The van der Waals surface area contributed by atoms with Crippen molar-refractivity contribution in [2.75, 3.05) is 0 Å². The van der Waals surface area contributed by atoms with Crippen LogP contribution in [0.4, 0.5) is 0 Å². The van der Waals surface area contributed by atoms with Gasteiger partial charge in [0.15, 0.2) is 0 Å². The second-order valence-electron chi connectivity index (χ2n) is 4.54. The van der Waals surface area contributed by atoms with Gasteiger partial charge in [0, 0.05) is 16.2 Å². The van der Waals surface area contributed by atoms with Gasteiger partial charge in [-0.1, -0.05) is 54.6 Å². The van der Waals surface area contributed by atoms with Gasteiger partial charge in [-0.15, -0.1) is 0 Å². The molecule has 86 valence electrons. The molecule has 0 N–H and O–H groups in total.